The molecule has 2 atom stereocenters. The van der Waals surface area contributed by atoms with E-state index >= 15 is 0 Å². The maximum absolute atomic E-state index is 12.9. The maximum Gasteiger partial charge on any atom is 0.251 e. The van der Waals surface area contributed by atoms with Crippen LogP contribution in [-0.2, 0) is 14.3 Å². The van der Waals surface area contributed by atoms with Crippen LogP contribution in [0.1, 0.15) is 43.5 Å². The number of piperidine rings is 1. The van der Waals surface area contributed by atoms with Crippen LogP contribution in [0.15, 0.2) is 30.3 Å². The summed E-state index contributed by atoms with van der Waals surface area (Å²) >= 11 is 0. The number of carbonyl (C=O) groups is 3. The Labute approximate surface area is 166 Å². The van der Waals surface area contributed by atoms with Crippen molar-refractivity contribution in [1.29, 1.82) is 0 Å². The lowest BCUT2D eigenvalue weighted by Crippen LogP contribution is -2.55. The minimum absolute atomic E-state index is 0.0247. The molecule has 7 heteroatoms. The second-order valence-electron chi connectivity index (χ2n) is 7.29. The van der Waals surface area contributed by atoms with Crippen LogP contribution in [0.2, 0.25) is 0 Å². The lowest BCUT2D eigenvalue weighted by molar-refractivity contribution is -0.136. The smallest absolute Gasteiger partial charge is 0.251 e. The van der Waals surface area contributed by atoms with Crippen molar-refractivity contribution in [3.63, 3.8) is 0 Å². The van der Waals surface area contributed by atoms with Crippen LogP contribution in [-0.4, -0.2) is 61.5 Å². The Bertz CT molecular complexity index is 657. The van der Waals surface area contributed by atoms with Crippen LogP contribution in [0.4, 0.5) is 0 Å². The maximum atomic E-state index is 12.9. The van der Waals surface area contributed by atoms with Crippen molar-refractivity contribution in [3.8, 4) is 0 Å². The van der Waals surface area contributed by atoms with E-state index in [-0.39, 0.29) is 36.3 Å². The lowest BCUT2D eigenvalue weighted by Gasteiger charge is -2.36. The van der Waals surface area contributed by atoms with E-state index in [1.165, 1.54) is 7.11 Å². The number of methoxy groups -OCH3 is 1. The quantitative estimate of drug-likeness (QED) is 0.707. The summed E-state index contributed by atoms with van der Waals surface area (Å²) in [6.45, 7) is 5.12. The van der Waals surface area contributed by atoms with Gasteiger partial charge in [-0.05, 0) is 44.2 Å². The van der Waals surface area contributed by atoms with Crippen molar-refractivity contribution in [2.75, 3.05) is 26.8 Å². The molecule has 0 aromatic heterocycles. The number of carbonyl (C=O) groups excluding carboxylic acids is 3. The van der Waals surface area contributed by atoms with Crippen molar-refractivity contribution in [2.45, 2.75) is 45.2 Å². The summed E-state index contributed by atoms with van der Waals surface area (Å²) in [5.41, 5.74) is 0.525. The van der Waals surface area contributed by atoms with E-state index in [1.54, 1.807) is 29.2 Å². The highest BCUT2D eigenvalue weighted by Gasteiger charge is 2.34. The molecule has 1 aromatic carbocycles. The van der Waals surface area contributed by atoms with Crippen LogP contribution in [0.5, 0.6) is 0 Å². The summed E-state index contributed by atoms with van der Waals surface area (Å²) in [7, 11) is 1.50. The predicted octanol–water partition coefficient (Wildman–Crippen LogP) is 1.58. The van der Waals surface area contributed by atoms with Crippen molar-refractivity contribution in [2.24, 2.45) is 5.92 Å². The predicted molar refractivity (Wildman–Crippen MR) is 107 cm³/mol. The zero-order valence-electron chi connectivity index (χ0n) is 16.9. The first kappa shape index (κ1) is 21.9. The number of rotatable bonds is 8. The van der Waals surface area contributed by atoms with E-state index in [4.69, 9.17) is 4.74 Å². The Hall–Kier alpha value is -2.41. The third kappa shape index (κ3) is 6.05. The first-order valence-electron chi connectivity index (χ1n) is 9.89. The van der Waals surface area contributed by atoms with Crippen LogP contribution in [0.25, 0.3) is 0 Å². The van der Waals surface area contributed by atoms with Gasteiger partial charge in [-0.1, -0.05) is 25.1 Å². The van der Waals surface area contributed by atoms with Gasteiger partial charge in [-0.3, -0.25) is 14.4 Å². The number of nitrogens with one attached hydrogen (secondary N) is 2. The van der Waals surface area contributed by atoms with Crippen LogP contribution < -0.4 is 10.6 Å². The van der Waals surface area contributed by atoms with Gasteiger partial charge in [-0.15, -0.1) is 0 Å². The second kappa shape index (κ2) is 10.8. The normalized spacial score (nSPS) is 16.9. The van der Waals surface area contributed by atoms with Gasteiger partial charge in [0.05, 0.1) is 0 Å². The summed E-state index contributed by atoms with van der Waals surface area (Å²) in [4.78, 5) is 39.3. The van der Waals surface area contributed by atoms with Gasteiger partial charge in [-0.25, -0.2) is 0 Å². The summed E-state index contributed by atoms with van der Waals surface area (Å²) in [6.07, 6.45) is 2.13. The third-order valence-corrected chi connectivity index (χ3v) is 5.24. The molecule has 28 heavy (non-hydrogen) atoms. The highest BCUT2D eigenvalue weighted by molar-refractivity contribution is 5.97. The molecule has 1 aliphatic heterocycles. The number of benzene rings is 1. The molecule has 0 spiro atoms. The van der Waals surface area contributed by atoms with E-state index in [0.29, 0.717) is 31.5 Å². The SMILES string of the molecule is CC[C@H](C)NC(=O)[C@@H](NC(=O)c1ccccc1)C1CCN(C(=O)COC)CC1. The second-order valence-corrected chi connectivity index (χ2v) is 7.29. The van der Waals surface area contributed by atoms with Gasteiger partial charge in [0.1, 0.15) is 12.6 Å². The molecular formula is C21H31N3O4. The van der Waals surface area contributed by atoms with Crippen LogP contribution >= 0.6 is 0 Å². The highest BCUT2D eigenvalue weighted by Crippen LogP contribution is 2.22. The molecule has 1 saturated heterocycles. The van der Waals surface area contributed by atoms with Crippen molar-refractivity contribution in [3.05, 3.63) is 35.9 Å². The zero-order chi connectivity index (χ0) is 20.5. The van der Waals surface area contributed by atoms with E-state index in [9.17, 15) is 14.4 Å². The Morgan fingerprint density at radius 1 is 1.14 bits per heavy atom. The van der Waals surface area contributed by atoms with Gasteiger partial charge >= 0.3 is 0 Å². The largest absolute Gasteiger partial charge is 0.375 e. The monoisotopic (exact) mass is 389 g/mol. The minimum atomic E-state index is -0.624. The van der Waals surface area contributed by atoms with Crippen LogP contribution in [0.3, 0.4) is 0 Å². The molecule has 154 valence electrons. The van der Waals surface area contributed by atoms with E-state index < -0.39 is 6.04 Å². The summed E-state index contributed by atoms with van der Waals surface area (Å²) in [5, 5.41) is 5.91. The van der Waals surface area contributed by atoms with Gasteiger partial charge in [0.25, 0.3) is 5.91 Å². The van der Waals surface area contributed by atoms with Gasteiger partial charge in [0.15, 0.2) is 0 Å². The molecule has 0 bridgehead atoms. The van der Waals surface area contributed by atoms with Gasteiger partial charge in [0.2, 0.25) is 11.8 Å². The fourth-order valence-corrected chi connectivity index (χ4v) is 3.34. The van der Waals surface area contributed by atoms with E-state index in [2.05, 4.69) is 10.6 Å². The molecule has 0 unspecified atom stereocenters. The third-order valence-electron chi connectivity index (χ3n) is 5.24. The fraction of sp³-hybridized carbons (Fsp3) is 0.571. The molecule has 0 aliphatic carbocycles. The Morgan fingerprint density at radius 2 is 1.79 bits per heavy atom. The van der Waals surface area contributed by atoms with Crippen molar-refractivity contribution >= 4 is 17.7 Å². The zero-order valence-corrected chi connectivity index (χ0v) is 16.9. The molecule has 1 aromatic rings. The first-order valence-corrected chi connectivity index (χ1v) is 9.89. The molecule has 2 rings (SSSR count). The number of amides is 3. The van der Waals surface area contributed by atoms with Gasteiger partial charge in [0, 0.05) is 31.8 Å². The van der Waals surface area contributed by atoms with Crippen molar-refractivity contribution in [1.82, 2.24) is 15.5 Å². The minimum Gasteiger partial charge on any atom is -0.375 e. The summed E-state index contributed by atoms with van der Waals surface area (Å²) < 4.78 is 4.91. The topological polar surface area (TPSA) is 87.7 Å². The number of ether oxygens (including phenoxy) is 1. The first-order chi connectivity index (χ1) is 13.5. The molecule has 1 heterocycles. The lowest BCUT2D eigenvalue weighted by atomic mass is 9.88. The Morgan fingerprint density at radius 3 is 2.36 bits per heavy atom. The Balaban J connectivity index is 2.07. The molecule has 0 radical (unpaired) electrons. The molecule has 7 nitrogen and oxygen atoms in total. The highest BCUT2D eigenvalue weighted by atomic mass is 16.5. The van der Waals surface area contributed by atoms with Crippen LogP contribution in [0, 0.1) is 5.92 Å². The summed E-state index contributed by atoms with van der Waals surface area (Å²) in [5.74, 6) is -0.499. The molecule has 2 N–H and O–H groups in total. The number of hydrogen-bond donors (Lipinski definition) is 2. The fourth-order valence-electron chi connectivity index (χ4n) is 3.34. The number of likely N-dealkylation sites (tertiary alicyclic amines) is 1. The molecule has 1 fully saturated rings. The van der Waals surface area contributed by atoms with E-state index in [0.717, 1.165) is 6.42 Å². The standard InChI is InChI=1S/C21H31N3O4/c1-4-15(2)22-21(27)19(23-20(26)17-8-6-5-7-9-17)16-10-12-24(13-11-16)18(25)14-28-3/h5-9,15-16,19H,4,10-14H2,1-3H3,(H,22,27)(H,23,26)/t15-,19-/m0/s1. The molecule has 1 aliphatic rings. The average molecular weight is 389 g/mol. The van der Waals surface area contributed by atoms with Crippen molar-refractivity contribution < 1.29 is 19.1 Å². The number of nitrogens with zero attached hydrogens (tertiary/aromatic N) is 1. The van der Waals surface area contributed by atoms with Gasteiger partial charge in [-0.2, -0.15) is 0 Å². The number of hydrogen-bond acceptors (Lipinski definition) is 4. The average Bonchev–Trinajstić information content (AvgIpc) is 2.72. The van der Waals surface area contributed by atoms with E-state index in [1.807, 2.05) is 19.9 Å². The Kier molecular flexibility index (Phi) is 8.44. The van der Waals surface area contributed by atoms with Gasteiger partial charge < -0.3 is 20.3 Å². The molecular weight excluding hydrogens is 358 g/mol. The molecule has 0 saturated carbocycles. The summed E-state index contributed by atoms with van der Waals surface area (Å²) in [6, 6.07) is 8.30. The molecule has 3 amide bonds.